The predicted molar refractivity (Wildman–Crippen MR) is 60.5 cm³/mol. The van der Waals surface area contributed by atoms with Crippen molar-refractivity contribution in [2.75, 3.05) is 5.32 Å². The molecular formula is C12H9F2NO5. The third kappa shape index (κ3) is 2.24. The van der Waals surface area contributed by atoms with Crippen molar-refractivity contribution in [1.82, 2.24) is 0 Å². The number of nitrogens with one attached hydrogen (secondary N) is 1. The zero-order chi connectivity index (χ0) is 14.5. The zero-order valence-electron chi connectivity index (χ0n) is 9.93. The highest BCUT2D eigenvalue weighted by molar-refractivity contribution is 5.98. The monoisotopic (exact) mass is 285 g/mol. The number of fused-ring (bicyclic) bond motifs is 1. The molecule has 0 bridgehead atoms. The lowest BCUT2D eigenvalue weighted by Gasteiger charge is -2.05. The Labute approximate surface area is 111 Å². The van der Waals surface area contributed by atoms with Crippen molar-refractivity contribution in [2.45, 2.75) is 12.7 Å². The molecule has 0 radical (unpaired) electrons. The summed E-state index contributed by atoms with van der Waals surface area (Å²) in [5.41, 5.74) is 0.242. The van der Waals surface area contributed by atoms with Gasteiger partial charge in [0.05, 0.1) is 11.8 Å². The van der Waals surface area contributed by atoms with Crippen LogP contribution < -0.4 is 14.8 Å². The first-order valence-corrected chi connectivity index (χ1v) is 5.79. The van der Waals surface area contributed by atoms with Gasteiger partial charge in [-0.05, 0) is 18.6 Å². The van der Waals surface area contributed by atoms with Gasteiger partial charge in [-0.25, -0.2) is 0 Å². The minimum atomic E-state index is -3.71. The molecule has 1 fully saturated rings. The largest absolute Gasteiger partial charge is 0.586 e. The molecule has 0 aromatic heterocycles. The standard InChI is InChI=1S/C12H9F2NO5/c13-12(14)19-8-2-1-5(3-9(8)20-12)15-10(16)6-4-7(6)11(17)18/h1-3,6-7H,4H2,(H,15,16)(H,17,18). The first-order chi connectivity index (χ1) is 9.35. The van der Waals surface area contributed by atoms with Gasteiger partial charge >= 0.3 is 12.3 Å². The van der Waals surface area contributed by atoms with Crippen LogP contribution in [0.2, 0.25) is 0 Å². The van der Waals surface area contributed by atoms with Crippen molar-refractivity contribution in [3.8, 4) is 11.5 Å². The lowest BCUT2D eigenvalue weighted by molar-refractivity contribution is -0.286. The van der Waals surface area contributed by atoms with Crippen LogP contribution in [0, 0.1) is 11.8 Å². The zero-order valence-corrected chi connectivity index (χ0v) is 9.93. The lowest BCUT2D eigenvalue weighted by atomic mass is 10.2. The molecule has 1 saturated carbocycles. The van der Waals surface area contributed by atoms with Crippen LogP contribution in [-0.4, -0.2) is 23.3 Å². The summed E-state index contributed by atoms with van der Waals surface area (Å²) in [5.74, 6) is -3.03. The first-order valence-electron chi connectivity index (χ1n) is 5.79. The van der Waals surface area contributed by atoms with Gasteiger partial charge < -0.3 is 19.9 Å². The molecule has 20 heavy (non-hydrogen) atoms. The fourth-order valence-corrected chi connectivity index (χ4v) is 2.02. The number of halogens is 2. The van der Waals surface area contributed by atoms with E-state index in [-0.39, 0.29) is 23.6 Å². The third-order valence-electron chi connectivity index (χ3n) is 3.11. The molecule has 3 rings (SSSR count). The van der Waals surface area contributed by atoms with Crippen molar-refractivity contribution in [2.24, 2.45) is 11.8 Å². The van der Waals surface area contributed by atoms with Crippen LogP contribution in [0.25, 0.3) is 0 Å². The Balaban J connectivity index is 1.68. The number of alkyl halides is 2. The van der Waals surface area contributed by atoms with E-state index in [9.17, 15) is 18.4 Å². The van der Waals surface area contributed by atoms with Crippen LogP contribution in [0.5, 0.6) is 11.5 Å². The second kappa shape index (κ2) is 4.06. The fourth-order valence-electron chi connectivity index (χ4n) is 2.02. The smallest absolute Gasteiger partial charge is 0.481 e. The molecule has 1 heterocycles. The van der Waals surface area contributed by atoms with Crippen LogP contribution in [0.4, 0.5) is 14.5 Å². The van der Waals surface area contributed by atoms with Gasteiger partial charge in [-0.15, -0.1) is 8.78 Å². The molecule has 2 unspecified atom stereocenters. The predicted octanol–water partition coefficient (Wildman–Crippen LogP) is 1.67. The minimum Gasteiger partial charge on any atom is -0.481 e. The molecule has 1 amide bonds. The van der Waals surface area contributed by atoms with Gasteiger partial charge in [0.15, 0.2) is 11.5 Å². The van der Waals surface area contributed by atoms with E-state index in [0.29, 0.717) is 0 Å². The number of carbonyl (C=O) groups excluding carboxylic acids is 1. The topological polar surface area (TPSA) is 84.9 Å². The molecule has 1 aliphatic heterocycles. The SMILES string of the molecule is O=C(O)C1CC1C(=O)Nc1ccc2c(c1)OC(F)(F)O2. The van der Waals surface area contributed by atoms with Crippen molar-refractivity contribution >= 4 is 17.6 Å². The molecular weight excluding hydrogens is 276 g/mol. The van der Waals surface area contributed by atoms with Gasteiger partial charge in [0.1, 0.15) is 0 Å². The summed E-state index contributed by atoms with van der Waals surface area (Å²) < 4.78 is 34.1. The Bertz CT molecular complexity index is 604. The highest BCUT2D eigenvalue weighted by atomic mass is 19.3. The highest BCUT2D eigenvalue weighted by Crippen LogP contribution is 2.43. The maximum Gasteiger partial charge on any atom is 0.586 e. The Hall–Kier alpha value is -2.38. The van der Waals surface area contributed by atoms with Crippen molar-refractivity contribution in [3.63, 3.8) is 0 Å². The molecule has 2 atom stereocenters. The van der Waals surface area contributed by atoms with Crippen LogP contribution in [0.1, 0.15) is 6.42 Å². The number of carboxylic acids is 1. The van der Waals surface area contributed by atoms with Gasteiger partial charge in [0.2, 0.25) is 5.91 Å². The maximum atomic E-state index is 12.8. The number of anilines is 1. The summed E-state index contributed by atoms with van der Waals surface area (Å²) in [6.45, 7) is 0. The van der Waals surface area contributed by atoms with Crippen molar-refractivity contribution in [1.29, 1.82) is 0 Å². The van der Waals surface area contributed by atoms with Gasteiger partial charge in [-0.2, -0.15) is 0 Å². The highest BCUT2D eigenvalue weighted by Gasteiger charge is 2.48. The summed E-state index contributed by atoms with van der Waals surface area (Å²) in [7, 11) is 0. The molecule has 2 N–H and O–H groups in total. The van der Waals surface area contributed by atoms with E-state index >= 15 is 0 Å². The Morgan fingerprint density at radius 2 is 1.95 bits per heavy atom. The number of hydrogen-bond donors (Lipinski definition) is 2. The summed E-state index contributed by atoms with van der Waals surface area (Å²) in [6, 6.07) is 3.82. The Kier molecular flexibility index (Phi) is 2.56. The van der Waals surface area contributed by atoms with Crippen molar-refractivity contribution in [3.05, 3.63) is 18.2 Å². The molecule has 2 aliphatic rings. The van der Waals surface area contributed by atoms with Gasteiger partial charge in [0, 0.05) is 11.8 Å². The lowest BCUT2D eigenvalue weighted by Crippen LogP contribution is -2.25. The second-order valence-corrected chi connectivity index (χ2v) is 4.61. The minimum absolute atomic E-state index is 0.122. The van der Waals surface area contributed by atoms with Crippen LogP contribution >= 0.6 is 0 Å². The number of hydrogen-bond acceptors (Lipinski definition) is 4. The number of carboxylic acid groups (broad SMARTS) is 1. The summed E-state index contributed by atoms with van der Waals surface area (Å²) >= 11 is 0. The molecule has 1 aromatic carbocycles. The van der Waals surface area contributed by atoms with E-state index in [1.807, 2.05) is 0 Å². The number of ether oxygens (including phenoxy) is 2. The van der Waals surface area contributed by atoms with Crippen LogP contribution in [0.15, 0.2) is 18.2 Å². The molecule has 1 aliphatic carbocycles. The second-order valence-electron chi connectivity index (χ2n) is 4.61. The number of carbonyl (C=O) groups is 2. The van der Waals surface area contributed by atoms with Gasteiger partial charge in [-0.3, -0.25) is 9.59 Å². The molecule has 1 aromatic rings. The average Bonchev–Trinajstić information content (AvgIpc) is 3.07. The fraction of sp³-hybridized carbons (Fsp3) is 0.333. The quantitative estimate of drug-likeness (QED) is 0.882. The Morgan fingerprint density at radius 1 is 1.25 bits per heavy atom. The number of benzene rings is 1. The molecule has 8 heteroatoms. The Morgan fingerprint density at radius 3 is 2.60 bits per heavy atom. The van der Waals surface area contributed by atoms with Gasteiger partial charge in [-0.1, -0.05) is 0 Å². The van der Waals surface area contributed by atoms with Gasteiger partial charge in [0.25, 0.3) is 0 Å². The van der Waals surface area contributed by atoms with E-state index < -0.39 is 30.0 Å². The molecule has 0 saturated heterocycles. The molecule has 0 spiro atoms. The van der Waals surface area contributed by atoms with Crippen molar-refractivity contribution < 1.29 is 33.0 Å². The van der Waals surface area contributed by atoms with Crippen LogP contribution in [0.3, 0.4) is 0 Å². The van der Waals surface area contributed by atoms with Crippen LogP contribution in [-0.2, 0) is 9.59 Å². The molecule has 106 valence electrons. The summed E-state index contributed by atoms with van der Waals surface area (Å²) in [6.07, 6.45) is -3.43. The van der Waals surface area contributed by atoms with E-state index in [1.54, 1.807) is 0 Å². The van der Waals surface area contributed by atoms with E-state index in [1.165, 1.54) is 18.2 Å². The number of rotatable bonds is 3. The first kappa shape index (κ1) is 12.6. The third-order valence-corrected chi connectivity index (χ3v) is 3.11. The van der Waals surface area contributed by atoms with E-state index in [0.717, 1.165) is 0 Å². The maximum absolute atomic E-state index is 12.8. The summed E-state index contributed by atoms with van der Waals surface area (Å²) in [5, 5.41) is 11.2. The van der Waals surface area contributed by atoms with E-state index in [2.05, 4.69) is 14.8 Å². The number of aliphatic carboxylic acids is 1. The summed E-state index contributed by atoms with van der Waals surface area (Å²) in [4.78, 5) is 22.4. The normalized spacial score (nSPS) is 25.1. The number of amides is 1. The average molecular weight is 285 g/mol. The molecule has 6 nitrogen and oxygen atoms in total. The van der Waals surface area contributed by atoms with E-state index in [4.69, 9.17) is 5.11 Å².